The Morgan fingerprint density at radius 2 is 1.57 bits per heavy atom. The van der Waals surface area contributed by atoms with Gasteiger partial charge in [0.2, 0.25) is 5.91 Å². The van der Waals surface area contributed by atoms with E-state index in [1.165, 1.54) is 0 Å². The number of likely N-dealkylation sites (tertiary alicyclic amines) is 1. The van der Waals surface area contributed by atoms with Gasteiger partial charge in [-0.25, -0.2) is 8.42 Å². The zero-order valence-electron chi connectivity index (χ0n) is 27.4. The summed E-state index contributed by atoms with van der Waals surface area (Å²) in [6.07, 6.45) is 0.110. The van der Waals surface area contributed by atoms with Crippen molar-refractivity contribution in [2.45, 2.75) is 55.3 Å². The summed E-state index contributed by atoms with van der Waals surface area (Å²) in [6.45, 7) is 4.71. The molecule has 3 N–H and O–H groups in total. The van der Waals surface area contributed by atoms with Crippen LogP contribution < -0.4 is 14.9 Å². The van der Waals surface area contributed by atoms with E-state index < -0.39 is 21.9 Å². The number of carbonyl (C=O) groups excluding carboxylic acids is 1. The average Bonchev–Trinajstić information content (AvgIpc) is 3.45. The maximum atomic E-state index is 13.3. The van der Waals surface area contributed by atoms with Gasteiger partial charge in [-0.15, -0.1) is 0 Å². The van der Waals surface area contributed by atoms with Crippen LogP contribution in [0.25, 0.3) is 0 Å². The van der Waals surface area contributed by atoms with Crippen molar-refractivity contribution in [1.29, 1.82) is 0 Å². The molecule has 7 rings (SSSR count). The van der Waals surface area contributed by atoms with Crippen molar-refractivity contribution in [1.82, 2.24) is 10.2 Å². The lowest BCUT2D eigenvalue weighted by Gasteiger charge is -2.46. The molecule has 3 fully saturated rings. The number of hydrogen-bond acceptors (Lipinski definition) is 8. The molecule has 3 saturated heterocycles. The molecule has 11 heteroatoms. The molecule has 10 nitrogen and oxygen atoms in total. The van der Waals surface area contributed by atoms with Gasteiger partial charge in [-0.3, -0.25) is 9.52 Å². The summed E-state index contributed by atoms with van der Waals surface area (Å²) in [5.74, 6) is 0.0587. The number of piperidine rings is 1. The number of rotatable bonds is 9. The predicted octanol–water partition coefficient (Wildman–Crippen LogP) is 5.20. The quantitative estimate of drug-likeness (QED) is 0.221. The molecule has 256 valence electrons. The summed E-state index contributed by atoms with van der Waals surface area (Å²) in [4.78, 5) is 18.0. The highest BCUT2D eigenvalue weighted by molar-refractivity contribution is 7.92. The zero-order chi connectivity index (χ0) is 34.0. The van der Waals surface area contributed by atoms with Crippen molar-refractivity contribution in [3.05, 3.63) is 126 Å². The van der Waals surface area contributed by atoms with E-state index in [-0.39, 0.29) is 35.5 Å². The summed E-state index contributed by atoms with van der Waals surface area (Å²) in [6, 6.07) is 33.3. The lowest BCUT2D eigenvalue weighted by molar-refractivity contribution is -0.276. The molecule has 0 aromatic heterocycles. The number of anilines is 2. The summed E-state index contributed by atoms with van der Waals surface area (Å²) in [7, 11) is -3.79. The summed E-state index contributed by atoms with van der Waals surface area (Å²) in [5.41, 5.74) is 3.36. The number of nitrogens with zero attached hydrogens (tertiary/aromatic N) is 2. The predicted molar refractivity (Wildman–Crippen MR) is 187 cm³/mol. The number of nitrogens with one attached hydrogen (secondary N) is 2. The molecule has 49 heavy (non-hydrogen) atoms. The molecular formula is C38H42N4O6S. The Labute approximate surface area is 287 Å². The van der Waals surface area contributed by atoms with Crippen LogP contribution in [0.2, 0.25) is 0 Å². The Morgan fingerprint density at radius 1 is 0.878 bits per heavy atom. The number of aliphatic hydroxyl groups is 1. The number of carbonyl (C=O) groups is 1. The van der Waals surface area contributed by atoms with Crippen LogP contribution in [0, 0.1) is 5.92 Å². The van der Waals surface area contributed by atoms with E-state index >= 15 is 0 Å². The summed E-state index contributed by atoms with van der Waals surface area (Å²) in [5, 5.41) is 12.7. The van der Waals surface area contributed by atoms with Crippen molar-refractivity contribution in [2.24, 2.45) is 5.92 Å². The molecule has 0 bridgehead atoms. The number of para-hydroxylation sites is 1. The first kappa shape index (κ1) is 33.2. The topological polar surface area (TPSA) is 120 Å². The van der Waals surface area contributed by atoms with E-state index in [9.17, 15) is 18.3 Å². The molecule has 1 unspecified atom stereocenters. The lowest BCUT2D eigenvalue weighted by atomic mass is 9.84. The van der Waals surface area contributed by atoms with Crippen LogP contribution in [0.15, 0.2) is 114 Å². The van der Waals surface area contributed by atoms with Gasteiger partial charge in [0, 0.05) is 42.5 Å². The second-order valence-electron chi connectivity index (χ2n) is 13.1. The van der Waals surface area contributed by atoms with E-state index in [1.54, 1.807) is 48.5 Å². The van der Waals surface area contributed by atoms with Gasteiger partial charge in [0.25, 0.3) is 10.0 Å². The smallest absolute Gasteiger partial charge is 0.261 e. The molecule has 0 saturated carbocycles. The first-order valence-corrected chi connectivity index (χ1v) is 18.3. The van der Waals surface area contributed by atoms with Gasteiger partial charge in [-0.1, -0.05) is 79.7 Å². The first-order valence-electron chi connectivity index (χ1n) is 16.8. The summed E-state index contributed by atoms with van der Waals surface area (Å²) >= 11 is 0. The minimum Gasteiger partial charge on any atom is -0.392 e. The largest absolute Gasteiger partial charge is 0.392 e. The molecule has 1 spiro atoms. The Kier molecular flexibility index (Phi) is 9.45. The zero-order valence-corrected chi connectivity index (χ0v) is 28.3. The molecule has 3 heterocycles. The minimum absolute atomic E-state index is 0.0255. The van der Waals surface area contributed by atoms with Crippen molar-refractivity contribution in [2.75, 3.05) is 35.9 Å². The fourth-order valence-electron chi connectivity index (χ4n) is 7.28. The second-order valence-corrected chi connectivity index (χ2v) is 14.8. The third-order valence-electron chi connectivity index (χ3n) is 10.1. The fraction of sp³-hybridized carbons (Fsp3) is 0.342. The molecule has 1 amide bonds. The standard InChI is InChI=1S/C38H42N4O6S/c1-27-34(24-41-21-19-38(20-22-41)37(44)39-26-42(38)32-11-4-2-5-12-32)47-36(48-35(27)29-17-15-28(25-43)16-18-29)30-9-8-10-31(23-30)40-49(45,46)33-13-6-3-7-14-33/h2-18,23,27,34-36,40,43H,19-22,24-26H2,1H3,(H,39,44)/t27-,34+,35+,36?/m0/s1. The number of sulfonamides is 1. The molecule has 4 atom stereocenters. The highest BCUT2D eigenvalue weighted by Gasteiger charge is 2.51. The number of aliphatic hydroxyl groups excluding tert-OH is 1. The first-order chi connectivity index (χ1) is 23.8. The number of benzene rings is 4. The Bertz CT molecular complexity index is 1850. The van der Waals surface area contributed by atoms with Crippen LogP contribution in [0.4, 0.5) is 11.4 Å². The third kappa shape index (κ3) is 6.82. The van der Waals surface area contributed by atoms with E-state index in [1.807, 2.05) is 48.5 Å². The van der Waals surface area contributed by atoms with E-state index in [0.29, 0.717) is 37.3 Å². The average molecular weight is 683 g/mol. The van der Waals surface area contributed by atoms with E-state index in [4.69, 9.17) is 9.47 Å². The number of ether oxygens (including phenoxy) is 2. The molecule has 0 radical (unpaired) electrons. The van der Waals surface area contributed by atoms with E-state index in [0.717, 1.165) is 29.9 Å². The third-order valence-corrected chi connectivity index (χ3v) is 11.5. The maximum Gasteiger partial charge on any atom is 0.261 e. The monoisotopic (exact) mass is 682 g/mol. The van der Waals surface area contributed by atoms with Crippen LogP contribution in [0.5, 0.6) is 0 Å². The highest BCUT2D eigenvalue weighted by atomic mass is 32.2. The minimum atomic E-state index is -3.79. The Morgan fingerprint density at radius 3 is 2.27 bits per heavy atom. The van der Waals surface area contributed by atoms with Crippen molar-refractivity contribution >= 4 is 27.3 Å². The Balaban J connectivity index is 1.11. The normalized spacial score (nSPS) is 24.1. The number of hydrogen-bond donors (Lipinski definition) is 3. The van der Waals surface area contributed by atoms with Gasteiger partial charge in [0.1, 0.15) is 5.54 Å². The SMILES string of the molecule is C[C@H]1[C@@H](CN2CCC3(CC2)C(=O)NCN3c2ccccc2)OC(c2cccc(NS(=O)(=O)c3ccccc3)c2)O[C@H]1c1ccc(CO)cc1. The lowest BCUT2D eigenvalue weighted by Crippen LogP contribution is -2.57. The van der Waals surface area contributed by atoms with Crippen LogP contribution in [-0.2, 0) is 30.9 Å². The highest BCUT2D eigenvalue weighted by Crippen LogP contribution is 2.43. The van der Waals surface area contributed by atoms with Crippen molar-refractivity contribution in [3.63, 3.8) is 0 Å². The van der Waals surface area contributed by atoms with E-state index in [2.05, 4.69) is 38.9 Å². The maximum absolute atomic E-state index is 13.3. The summed E-state index contributed by atoms with van der Waals surface area (Å²) < 4.78 is 42.2. The van der Waals surface area contributed by atoms with Crippen LogP contribution in [0.3, 0.4) is 0 Å². The van der Waals surface area contributed by atoms with Gasteiger partial charge in [0.05, 0.1) is 30.4 Å². The van der Waals surface area contributed by atoms with Gasteiger partial charge in [-0.05, 0) is 60.4 Å². The molecule has 3 aliphatic heterocycles. The fourth-order valence-corrected chi connectivity index (χ4v) is 8.35. The Hall–Kier alpha value is -4.26. The van der Waals surface area contributed by atoms with Gasteiger partial charge < -0.3 is 29.7 Å². The van der Waals surface area contributed by atoms with Gasteiger partial charge >= 0.3 is 0 Å². The van der Waals surface area contributed by atoms with Crippen LogP contribution in [-0.4, -0.2) is 62.3 Å². The molecular weight excluding hydrogens is 641 g/mol. The number of amides is 1. The van der Waals surface area contributed by atoms with Gasteiger partial charge in [-0.2, -0.15) is 0 Å². The molecule has 0 aliphatic carbocycles. The van der Waals surface area contributed by atoms with Gasteiger partial charge in [0.15, 0.2) is 6.29 Å². The molecule has 4 aromatic carbocycles. The van der Waals surface area contributed by atoms with Crippen molar-refractivity contribution < 1.29 is 27.8 Å². The van der Waals surface area contributed by atoms with Crippen molar-refractivity contribution in [3.8, 4) is 0 Å². The molecule has 3 aliphatic rings. The van der Waals surface area contributed by atoms with Crippen LogP contribution in [0.1, 0.15) is 48.8 Å². The van der Waals surface area contributed by atoms with Crippen LogP contribution >= 0.6 is 0 Å². The molecule has 4 aromatic rings. The second kappa shape index (κ2) is 13.9.